The molecule has 0 rings (SSSR count). The van der Waals surface area contributed by atoms with E-state index in [0.717, 1.165) is 12.5 Å². The minimum absolute atomic E-state index is 0. The van der Waals surface area contributed by atoms with Gasteiger partial charge in [-0.25, -0.2) is 0 Å². The normalized spacial score (nSPS) is 9.00. The molecule has 0 amide bonds. The van der Waals surface area contributed by atoms with Gasteiger partial charge < -0.3 is 10.8 Å². The van der Waals surface area contributed by atoms with Crippen molar-refractivity contribution in [3.8, 4) is 0 Å². The van der Waals surface area contributed by atoms with Crippen LogP contribution in [0.25, 0.3) is 0 Å². The van der Waals surface area contributed by atoms with Crippen molar-refractivity contribution >= 4 is 0 Å². The molecule has 8 heavy (non-hydrogen) atoms. The molecule has 52 valence electrons. The largest absolute Gasteiger partial charge is 0.412 e. The predicted octanol–water partition coefficient (Wildman–Crippen LogP) is 0.427. The summed E-state index contributed by atoms with van der Waals surface area (Å²) in [5, 5.41) is 3.10. The van der Waals surface area contributed by atoms with Gasteiger partial charge in [0, 0.05) is 0 Å². The Labute approximate surface area is 51.6 Å². The van der Waals surface area contributed by atoms with E-state index in [0.29, 0.717) is 0 Å². The van der Waals surface area contributed by atoms with Crippen molar-refractivity contribution in [2.45, 2.75) is 20.3 Å². The van der Waals surface area contributed by atoms with Gasteiger partial charge in [-0.3, -0.25) is 0 Å². The van der Waals surface area contributed by atoms with Gasteiger partial charge in [-0.15, -0.1) is 0 Å². The van der Waals surface area contributed by atoms with E-state index < -0.39 is 0 Å². The third kappa shape index (κ3) is 9.33. The Morgan fingerprint density at radius 1 is 1.38 bits per heavy atom. The van der Waals surface area contributed by atoms with E-state index in [2.05, 4.69) is 19.2 Å². The van der Waals surface area contributed by atoms with Gasteiger partial charge in [0.05, 0.1) is 0 Å². The van der Waals surface area contributed by atoms with Gasteiger partial charge in [0.2, 0.25) is 0 Å². The molecule has 0 saturated heterocycles. The van der Waals surface area contributed by atoms with Crippen LogP contribution in [0.3, 0.4) is 0 Å². The maximum Gasteiger partial charge on any atom is -0.00495 e. The molecule has 0 aliphatic carbocycles. The summed E-state index contributed by atoms with van der Waals surface area (Å²) in [5.41, 5.74) is 0. The van der Waals surface area contributed by atoms with Crippen LogP contribution in [0.5, 0.6) is 0 Å². The van der Waals surface area contributed by atoms with Gasteiger partial charge in [-0.1, -0.05) is 13.8 Å². The summed E-state index contributed by atoms with van der Waals surface area (Å²) >= 11 is 0. The molecule has 0 bridgehead atoms. The summed E-state index contributed by atoms with van der Waals surface area (Å²) in [5.74, 6) is 0.840. The minimum atomic E-state index is 0. The lowest BCUT2D eigenvalue weighted by atomic mass is 10.1. The molecule has 0 atom stereocenters. The van der Waals surface area contributed by atoms with Crippen LogP contribution in [0, 0.1) is 5.92 Å². The summed E-state index contributed by atoms with van der Waals surface area (Å²) < 4.78 is 0. The quantitative estimate of drug-likeness (QED) is 0.575. The Morgan fingerprint density at radius 3 is 2.00 bits per heavy atom. The maximum atomic E-state index is 3.10. The van der Waals surface area contributed by atoms with Crippen LogP contribution in [0.4, 0.5) is 0 Å². The standard InChI is InChI=1S/C6H15N.H2O/c1-6(2)4-5-7-3;/h6-7H,4-5H2,1-3H3;1H2. The molecule has 0 aromatic carbocycles. The van der Waals surface area contributed by atoms with E-state index >= 15 is 0 Å². The lowest BCUT2D eigenvalue weighted by molar-refractivity contribution is 0.562. The van der Waals surface area contributed by atoms with Gasteiger partial charge in [0.1, 0.15) is 0 Å². The molecule has 0 spiro atoms. The minimum Gasteiger partial charge on any atom is -0.412 e. The Kier molecular flexibility index (Phi) is 9.36. The fourth-order valence-electron chi connectivity index (χ4n) is 0.433. The summed E-state index contributed by atoms with van der Waals surface area (Å²) in [6.07, 6.45) is 1.29. The van der Waals surface area contributed by atoms with Gasteiger partial charge in [-0.2, -0.15) is 0 Å². The van der Waals surface area contributed by atoms with Crippen molar-refractivity contribution in [1.29, 1.82) is 0 Å². The van der Waals surface area contributed by atoms with E-state index in [1.165, 1.54) is 6.42 Å². The molecule has 3 N–H and O–H groups in total. The van der Waals surface area contributed by atoms with Crippen molar-refractivity contribution in [2.75, 3.05) is 13.6 Å². The molecular formula is C6H17NO. The van der Waals surface area contributed by atoms with E-state index in [9.17, 15) is 0 Å². The van der Waals surface area contributed by atoms with Crippen LogP contribution in [0.1, 0.15) is 20.3 Å². The van der Waals surface area contributed by atoms with E-state index in [1.54, 1.807) is 0 Å². The second-order valence-electron chi connectivity index (χ2n) is 2.29. The summed E-state index contributed by atoms with van der Waals surface area (Å²) in [6.45, 7) is 5.62. The zero-order valence-corrected chi connectivity index (χ0v) is 5.99. The topological polar surface area (TPSA) is 43.5 Å². The molecule has 0 aliphatic rings. The Morgan fingerprint density at radius 2 is 1.88 bits per heavy atom. The highest BCUT2D eigenvalue weighted by Crippen LogP contribution is 1.94. The Hall–Kier alpha value is -0.0800. The highest BCUT2D eigenvalue weighted by molar-refractivity contribution is 4.45. The fourth-order valence-corrected chi connectivity index (χ4v) is 0.433. The van der Waals surface area contributed by atoms with Crippen LogP contribution in [-0.4, -0.2) is 19.1 Å². The number of hydrogen-bond acceptors (Lipinski definition) is 1. The van der Waals surface area contributed by atoms with Gasteiger partial charge in [-0.05, 0) is 25.9 Å². The fraction of sp³-hybridized carbons (Fsp3) is 1.00. The van der Waals surface area contributed by atoms with Crippen LogP contribution in [-0.2, 0) is 0 Å². The van der Waals surface area contributed by atoms with Crippen molar-refractivity contribution in [3.63, 3.8) is 0 Å². The molecule has 0 radical (unpaired) electrons. The van der Waals surface area contributed by atoms with Crippen molar-refractivity contribution in [3.05, 3.63) is 0 Å². The van der Waals surface area contributed by atoms with Gasteiger partial charge in [0.25, 0.3) is 0 Å². The third-order valence-electron chi connectivity index (χ3n) is 0.972. The zero-order chi connectivity index (χ0) is 5.70. The highest BCUT2D eigenvalue weighted by atomic mass is 16.0. The average Bonchev–Trinajstić information content (AvgIpc) is 1.61. The third-order valence-corrected chi connectivity index (χ3v) is 0.972. The molecule has 0 saturated carbocycles. The summed E-state index contributed by atoms with van der Waals surface area (Å²) in [6, 6.07) is 0. The van der Waals surface area contributed by atoms with Crippen molar-refractivity contribution in [1.82, 2.24) is 5.32 Å². The molecule has 0 unspecified atom stereocenters. The van der Waals surface area contributed by atoms with Crippen LogP contribution in [0.15, 0.2) is 0 Å². The first-order valence-corrected chi connectivity index (χ1v) is 2.92. The smallest absolute Gasteiger partial charge is 0.00495 e. The molecule has 0 heterocycles. The predicted molar refractivity (Wildman–Crippen MR) is 37.0 cm³/mol. The zero-order valence-electron chi connectivity index (χ0n) is 5.99. The molecule has 0 aromatic heterocycles. The van der Waals surface area contributed by atoms with Crippen molar-refractivity contribution < 1.29 is 5.48 Å². The molecule has 0 aliphatic heterocycles. The first-order chi connectivity index (χ1) is 3.27. The second kappa shape index (κ2) is 6.92. The summed E-state index contributed by atoms with van der Waals surface area (Å²) in [7, 11) is 1.99. The Bertz CT molecular complexity index is 37.5. The first-order valence-electron chi connectivity index (χ1n) is 2.92. The first kappa shape index (κ1) is 10.8. The van der Waals surface area contributed by atoms with E-state index in [1.807, 2.05) is 7.05 Å². The molecular weight excluding hydrogens is 102 g/mol. The van der Waals surface area contributed by atoms with Crippen LogP contribution in [0.2, 0.25) is 0 Å². The molecule has 2 nitrogen and oxygen atoms in total. The maximum absolute atomic E-state index is 3.10. The number of hydrogen-bond donors (Lipinski definition) is 1. The molecule has 2 heteroatoms. The SMILES string of the molecule is CNCCC(C)C.O. The summed E-state index contributed by atoms with van der Waals surface area (Å²) in [4.78, 5) is 0. The number of rotatable bonds is 3. The Balaban J connectivity index is 0. The lowest BCUT2D eigenvalue weighted by Gasteiger charge is -2.00. The van der Waals surface area contributed by atoms with E-state index in [4.69, 9.17) is 0 Å². The molecule has 0 aromatic rings. The van der Waals surface area contributed by atoms with Crippen LogP contribution < -0.4 is 5.32 Å². The second-order valence-corrected chi connectivity index (χ2v) is 2.29. The van der Waals surface area contributed by atoms with Crippen molar-refractivity contribution in [2.24, 2.45) is 5.92 Å². The average molecular weight is 119 g/mol. The number of nitrogens with one attached hydrogen (secondary N) is 1. The monoisotopic (exact) mass is 119 g/mol. The lowest BCUT2D eigenvalue weighted by Crippen LogP contribution is -2.09. The molecule has 0 fully saturated rings. The van der Waals surface area contributed by atoms with Crippen LogP contribution >= 0.6 is 0 Å². The van der Waals surface area contributed by atoms with Gasteiger partial charge in [0.15, 0.2) is 0 Å². The highest BCUT2D eigenvalue weighted by Gasteiger charge is 1.88. The van der Waals surface area contributed by atoms with E-state index in [-0.39, 0.29) is 5.48 Å². The van der Waals surface area contributed by atoms with Gasteiger partial charge >= 0.3 is 0 Å².